The van der Waals surface area contributed by atoms with Crippen LogP contribution in [0, 0.1) is 0 Å². The second kappa shape index (κ2) is 19.9. The van der Waals surface area contributed by atoms with E-state index in [0.717, 1.165) is 25.3 Å². The van der Waals surface area contributed by atoms with Gasteiger partial charge < -0.3 is 8.85 Å². The summed E-state index contributed by atoms with van der Waals surface area (Å²) < 4.78 is 12.6. The van der Waals surface area contributed by atoms with Crippen LogP contribution in [0.2, 0.25) is 12.1 Å². The highest BCUT2D eigenvalue weighted by molar-refractivity contribution is 6.67. The molecule has 0 saturated carbocycles. The van der Waals surface area contributed by atoms with Crippen LogP contribution in [-0.4, -0.2) is 21.8 Å². The molecule has 0 aromatic rings. The Balaban J connectivity index is 3.58. The molecular formula is C23H50O2Si. The summed E-state index contributed by atoms with van der Waals surface area (Å²) in [6.45, 7) is 10.9. The van der Waals surface area contributed by atoms with Gasteiger partial charge in [-0.05, 0) is 24.9 Å². The van der Waals surface area contributed by atoms with Crippen molar-refractivity contribution in [1.82, 2.24) is 0 Å². The number of rotatable bonds is 21. The molecular weight excluding hydrogens is 336 g/mol. The van der Waals surface area contributed by atoms with Gasteiger partial charge in [-0.3, -0.25) is 0 Å². The van der Waals surface area contributed by atoms with Crippen molar-refractivity contribution in [2.75, 3.05) is 13.2 Å². The van der Waals surface area contributed by atoms with Crippen LogP contribution in [0.5, 0.6) is 0 Å². The van der Waals surface area contributed by atoms with E-state index in [-0.39, 0.29) is 0 Å². The van der Waals surface area contributed by atoms with Gasteiger partial charge in [-0.2, -0.15) is 0 Å². The van der Waals surface area contributed by atoms with Gasteiger partial charge in [0.1, 0.15) is 0 Å². The molecule has 0 spiro atoms. The van der Waals surface area contributed by atoms with Crippen LogP contribution < -0.4 is 0 Å². The highest BCUT2D eigenvalue weighted by Crippen LogP contribution is 2.20. The second-order valence-electron chi connectivity index (χ2n) is 7.91. The van der Waals surface area contributed by atoms with Crippen molar-refractivity contribution >= 4 is 8.56 Å². The minimum Gasteiger partial charge on any atom is -0.394 e. The van der Waals surface area contributed by atoms with Gasteiger partial charge in [0.25, 0.3) is 0 Å². The molecule has 0 atom stereocenters. The summed E-state index contributed by atoms with van der Waals surface area (Å²) >= 11 is 0. The van der Waals surface area contributed by atoms with E-state index in [9.17, 15) is 0 Å². The second-order valence-corrected chi connectivity index (χ2v) is 11.7. The zero-order chi connectivity index (χ0) is 19.3. The molecule has 0 amide bonds. The van der Waals surface area contributed by atoms with Crippen molar-refractivity contribution in [3.05, 3.63) is 0 Å². The van der Waals surface area contributed by atoms with Gasteiger partial charge in [-0.1, -0.05) is 111 Å². The largest absolute Gasteiger partial charge is 0.394 e. The Hall–Kier alpha value is 0.137. The van der Waals surface area contributed by atoms with Gasteiger partial charge in [-0.15, -0.1) is 0 Å². The molecule has 26 heavy (non-hydrogen) atoms. The molecule has 2 nitrogen and oxygen atoms in total. The predicted molar refractivity (Wildman–Crippen MR) is 119 cm³/mol. The van der Waals surface area contributed by atoms with Crippen molar-refractivity contribution in [2.45, 2.75) is 136 Å². The van der Waals surface area contributed by atoms with Crippen molar-refractivity contribution in [1.29, 1.82) is 0 Å². The first-order valence-corrected chi connectivity index (χ1v) is 14.3. The van der Waals surface area contributed by atoms with Gasteiger partial charge in [0.2, 0.25) is 0 Å². The molecule has 0 radical (unpaired) electrons. The van der Waals surface area contributed by atoms with E-state index < -0.39 is 8.56 Å². The Morgan fingerprint density at radius 1 is 0.423 bits per heavy atom. The van der Waals surface area contributed by atoms with Crippen LogP contribution in [0.15, 0.2) is 0 Å². The molecule has 0 aromatic heterocycles. The summed E-state index contributed by atoms with van der Waals surface area (Å²) in [5, 5.41) is 0. The molecule has 0 aliphatic heterocycles. The molecule has 0 unspecified atom stereocenters. The fourth-order valence-electron chi connectivity index (χ4n) is 3.51. The monoisotopic (exact) mass is 386 g/mol. The lowest BCUT2D eigenvalue weighted by molar-refractivity contribution is 0.163. The zero-order valence-electron chi connectivity index (χ0n) is 18.8. The van der Waals surface area contributed by atoms with E-state index in [1.54, 1.807) is 0 Å². The Morgan fingerprint density at radius 2 is 0.731 bits per heavy atom. The van der Waals surface area contributed by atoms with Crippen LogP contribution >= 0.6 is 0 Å². The molecule has 0 rings (SSSR count). The van der Waals surface area contributed by atoms with Crippen LogP contribution in [0.1, 0.15) is 124 Å². The minimum absolute atomic E-state index is 0.909. The van der Waals surface area contributed by atoms with Crippen molar-refractivity contribution in [2.24, 2.45) is 0 Å². The van der Waals surface area contributed by atoms with Crippen LogP contribution in [-0.2, 0) is 8.85 Å². The predicted octanol–water partition coefficient (Wildman–Crippen LogP) is 8.39. The average molecular weight is 387 g/mol. The Kier molecular flexibility index (Phi) is 20.0. The average Bonchev–Trinajstić information content (AvgIpc) is 2.67. The fourth-order valence-corrected chi connectivity index (χ4v) is 5.94. The van der Waals surface area contributed by atoms with E-state index in [0.29, 0.717) is 0 Å². The quantitative estimate of drug-likeness (QED) is 0.146. The zero-order valence-corrected chi connectivity index (χ0v) is 19.8. The number of unbranched alkanes of at least 4 members (excludes halogenated alkanes) is 13. The van der Waals surface area contributed by atoms with E-state index >= 15 is 0 Å². The Bertz CT molecular complexity index is 267. The highest BCUT2D eigenvalue weighted by atomic mass is 28.4. The minimum atomic E-state index is -1.90. The molecule has 0 fully saturated rings. The van der Waals surface area contributed by atoms with Crippen LogP contribution in [0.3, 0.4) is 0 Å². The smallest absolute Gasteiger partial charge is 0.337 e. The van der Waals surface area contributed by atoms with Crippen molar-refractivity contribution < 1.29 is 8.85 Å². The summed E-state index contributed by atoms with van der Waals surface area (Å²) in [5.41, 5.74) is 0. The standard InChI is InChI=1S/C23H50O2Si/c1-5-9-11-13-14-15-16-17-18-19-21-23-25-26(7-3,8-4)24-22-20-12-10-6-2/h5-23H2,1-4H3. The number of hydrogen-bond acceptors (Lipinski definition) is 2. The molecule has 0 aliphatic rings. The first-order chi connectivity index (χ1) is 12.7. The van der Waals surface area contributed by atoms with Gasteiger partial charge in [0, 0.05) is 13.2 Å². The van der Waals surface area contributed by atoms with Crippen molar-refractivity contribution in [3.63, 3.8) is 0 Å². The third-order valence-electron chi connectivity index (χ3n) is 5.55. The molecule has 3 heteroatoms. The molecule has 0 heterocycles. The maximum atomic E-state index is 6.33. The Morgan fingerprint density at radius 3 is 1.08 bits per heavy atom. The summed E-state index contributed by atoms with van der Waals surface area (Å²) in [6, 6.07) is 2.19. The lowest BCUT2D eigenvalue weighted by atomic mass is 10.1. The molecule has 0 aliphatic carbocycles. The third-order valence-corrected chi connectivity index (χ3v) is 9.17. The summed E-state index contributed by atoms with van der Waals surface area (Å²) in [7, 11) is -1.90. The molecule has 158 valence electrons. The topological polar surface area (TPSA) is 18.5 Å². The highest BCUT2D eigenvalue weighted by Gasteiger charge is 2.33. The molecule has 0 N–H and O–H groups in total. The van der Waals surface area contributed by atoms with E-state index in [2.05, 4.69) is 27.7 Å². The molecule has 0 saturated heterocycles. The SMILES string of the molecule is CCCCCCCCCCCCCO[Si](CC)(CC)OCCCCCC. The Labute approximate surface area is 167 Å². The summed E-state index contributed by atoms with van der Waals surface area (Å²) in [6.07, 6.45) is 20.4. The van der Waals surface area contributed by atoms with E-state index in [4.69, 9.17) is 8.85 Å². The first kappa shape index (κ1) is 26.1. The van der Waals surface area contributed by atoms with Gasteiger partial charge in [0.15, 0.2) is 0 Å². The van der Waals surface area contributed by atoms with E-state index in [1.165, 1.54) is 96.3 Å². The first-order valence-electron chi connectivity index (χ1n) is 12.0. The van der Waals surface area contributed by atoms with Crippen LogP contribution in [0.25, 0.3) is 0 Å². The summed E-state index contributed by atoms with van der Waals surface area (Å²) in [5.74, 6) is 0. The van der Waals surface area contributed by atoms with E-state index in [1.807, 2.05) is 0 Å². The lowest BCUT2D eigenvalue weighted by Crippen LogP contribution is -2.41. The fraction of sp³-hybridized carbons (Fsp3) is 1.00. The third kappa shape index (κ3) is 15.2. The van der Waals surface area contributed by atoms with Gasteiger partial charge in [-0.25, -0.2) is 0 Å². The van der Waals surface area contributed by atoms with Gasteiger partial charge >= 0.3 is 8.56 Å². The normalized spacial score (nSPS) is 12.0. The van der Waals surface area contributed by atoms with Gasteiger partial charge in [0.05, 0.1) is 0 Å². The molecule has 0 bridgehead atoms. The van der Waals surface area contributed by atoms with Crippen molar-refractivity contribution in [3.8, 4) is 0 Å². The summed E-state index contributed by atoms with van der Waals surface area (Å²) in [4.78, 5) is 0. The lowest BCUT2D eigenvalue weighted by Gasteiger charge is -2.29. The number of hydrogen-bond donors (Lipinski definition) is 0. The molecule has 0 aromatic carbocycles. The maximum absolute atomic E-state index is 6.33. The maximum Gasteiger partial charge on any atom is 0.337 e. The van der Waals surface area contributed by atoms with Crippen LogP contribution in [0.4, 0.5) is 0 Å².